The minimum atomic E-state index is 0.567. The fourth-order valence-corrected chi connectivity index (χ4v) is 3.07. The van der Waals surface area contributed by atoms with Gasteiger partial charge in [0.25, 0.3) is 0 Å². The fraction of sp³-hybridized carbons (Fsp3) is 0.444. The molecule has 2 aromatic rings. The highest BCUT2D eigenvalue weighted by Gasteiger charge is 2.23. The van der Waals surface area contributed by atoms with E-state index < -0.39 is 0 Å². The predicted molar refractivity (Wildman–Crippen MR) is 89.9 cm³/mol. The molecule has 0 aliphatic carbocycles. The van der Waals surface area contributed by atoms with Crippen LogP contribution in [-0.4, -0.2) is 41.0 Å². The first-order valence-corrected chi connectivity index (χ1v) is 8.00. The number of likely N-dealkylation sites (N-methyl/N-ethyl adjacent to an activating group) is 1. The normalized spacial score (nSPS) is 18.7. The molecule has 1 aliphatic rings. The third kappa shape index (κ3) is 3.63. The van der Waals surface area contributed by atoms with E-state index in [-0.39, 0.29) is 0 Å². The van der Waals surface area contributed by atoms with Crippen molar-refractivity contribution in [2.45, 2.75) is 32.4 Å². The van der Waals surface area contributed by atoms with Gasteiger partial charge >= 0.3 is 0 Å². The molecule has 1 fully saturated rings. The molecule has 0 radical (unpaired) electrons. The Bertz CT molecular complexity index is 582. The van der Waals surface area contributed by atoms with Gasteiger partial charge in [-0.25, -0.2) is 0 Å². The number of hydrogen-bond donors (Lipinski definition) is 0. The molecule has 4 nitrogen and oxygen atoms in total. The lowest BCUT2D eigenvalue weighted by Gasteiger charge is -2.38. The molecule has 1 saturated heterocycles. The molecule has 0 bridgehead atoms. The molecular weight excluding hydrogens is 272 g/mol. The van der Waals surface area contributed by atoms with Crippen LogP contribution in [0, 0.1) is 6.92 Å². The van der Waals surface area contributed by atoms with Gasteiger partial charge in [-0.05, 0) is 38.9 Å². The summed E-state index contributed by atoms with van der Waals surface area (Å²) in [6.45, 7) is 5.07. The first kappa shape index (κ1) is 15.0. The largest absolute Gasteiger partial charge is 0.370 e. The first-order chi connectivity index (χ1) is 10.7. The first-order valence-electron chi connectivity index (χ1n) is 8.00. The summed E-state index contributed by atoms with van der Waals surface area (Å²) in [6, 6.07) is 11.3. The third-order valence-electron chi connectivity index (χ3n) is 4.39. The summed E-state index contributed by atoms with van der Waals surface area (Å²) in [5, 5.41) is 0. The molecule has 0 spiro atoms. The van der Waals surface area contributed by atoms with E-state index in [4.69, 9.17) is 0 Å². The van der Waals surface area contributed by atoms with E-state index in [9.17, 15) is 0 Å². The molecular formula is C18H24N4. The number of aromatic nitrogens is 2. The van der Waals surface area contributed by atoms with Crippen molar-refractivity contribution in [1.82, 2.24) is 14.9 Å². The lowest BCUT2D eigenvalue weighted by molar-refractivity contribution is 0.205. The van der Waals surface area contributed by atoms with Crippen molar-refractivity contribution in [3.8, 4) is 0 Å². The van der Waals surface area contributed by atoms with Crippen LogP contribution in [0.25, 0.3) is 0 Å². The smallest absolute Gasteiger partial charge is 0.0727 e. The zero-order chi connectivity index (χ0) is 15.4. The summed E-state index contributed by atoms with van der Waals surface area (Å²) in [6.07, 6.45) is 6.23. The van der Waals surface area contributed by atoms with Crippen molar-refractivity contribution in [1.29, 1.82) is 0 Å². The Morgan fingerprint density at radius 3 is 2.73 bits per heavy atom. The fourth-order valence-electron chi connectivity index (χ4n) is 3.07. The van der Waals surface area contributed by atoms with Crippen molar-refractivity contribution in [3.63, 3.8) is 0 Å². The van der Waals surface area contributed by atoms with Crippen molar-refractivity contribution in [2.75, 3.05) is 25.0 Å². The molecule has 0 saturated carbocycles. The average Bonchev–Trinajstić information content (AvgIpc) is 2.58. The number of piperidine rings is 1. The number of nitrogens with zero attached hydrogens (tertiary/aromatic N) is 4. The Hall–Kier alpha value is -1.94. The SMILES string of the molecule is Cc1cnc(CN(C)[C@H]2CCCN(c3ccccc3)C2)cn1. The highest BCUT2D eigenvalue weighted by Crippen LogP contribution is 2.22. The average molecular weight is 296 g/mol. The molecule has 0 unspecified atom stereocenters. The molecule has 1 atom stereocenters. The topological polar surface area (TPSA) is 32.3 Å². The number of benzene rings is 1. The molecule has 116 valence electrons. The Kier molecular flexibility index (Phi) is 4.68. The van der Waals surface area contributed by atoms with Crippen LogP contribution < -0.4 is 4.90 Å². The molecule has 1 aromatic carbocycles. The van der Waals surface area contributed by atoms with Crippen molar-refractivity contribution in [3.05, 3.63) is 54.1 Å². The summed E-state index contributed by atoms with van der Waals surface area (Å²) in [4.78, 5) is 13.7. The van der Waals surface area contributed by atoms with Crippen molar-refractivity contribution >= 4 is 5.69 Å². The summed E-state index contributed by atoms with van der Waals surface area (Å²) in [5.74, 6) is 0. The van der Waals surface area contributed by atoms with Crippen LogP contribution >= 0.6 is 0 Å². The highest BCUT2D eigenvalue weighted by atomic mass is 15.2. The lowest BCUT2D eigenvalue weighted by Crippen LogP contribution is -2.46. The van der Waals surface area contributed by atoms with Crippen LogP contribution in [0.5, 0.6) is 0 Å². The van der Waals surface area contributed by atoms with Crippen molar-refractivity contribution < 1.29 is 0 Å². The molecule has 3 rings (SSSR count). The quantitative estimate of drug-likeness (QED) is 0.868. The standard InChI is InChI=1S/C18H24N4/c1-15-11-20-16(12-19-15)13-21(2)18-9-6-10-22(14-18)17-7-4-3-5-8-17/h3-5,7-8,11-12,18H,6,9-10,13-14H2,1-2H3/t18-/m0/s1. The number of anilines is 1. The van der Waals surface area contributed by atoms with E-state index in [2.05, 4.69) is 57.1 Å². The van der Waals surface area contributed by atoms with Gasteiger partial charge in [0.15, 0.2) is 0 Å². The van der Waals surface area contributed by atoms with Crippen LogP contribution in [-0.2, 0) is 6.54 Å². The van der Waals surface area contributed by atoms with Gasteiger partial charge in [-0.2, -0.15) is 0 Å². The molecule has 0 amide bonds. The van der Waals surface area contributed by atoms with E-state index in [1.807, 2.05) is 19.3 Å². The van der Waals surface area contributed by atoms with E-state index in [1.165, 1.54) is 18.5 Å². The van der Waals surface area contributed by atoms with Crippen LogP contribution in [0.15, 0.2) is 42.7 Å². The summed E-state index contributed by atoms with van der Waals surface area (Å²) >= 11 is 0. The second-order valence-corrected chi connectivity index (χ2v) is 6.14. The number of aryl methyl sites for hydroxylation is 1. The Balaban J connectivity index is 1.62. The third-order valence-corrected chi connectivity index (χ3v) is 4.39. The Morgan fingerprint density at radius 2 is 2.00 bits per heavy atom. The second kappa shape index (κ2) is 6.88. The summed E-state index contributed by atoms with van der Waals surface area (Å²) in [7, 11) is 2.20. The van der Waals surface area contributed by atoms with Gasteiger partial charge in [-0.15, -0.1) is 0 Å². The molecule has 1 aliphatic heterocycles. The van der Waals surface area contributed by atoms with Gasteiger partial charge in [0.2, 0.25) is 0 Å². The predicted octanol–water partition coefficient (Wildman–Crippen LogP) is 2.89. The minimum absolute atomic E-state index is 0.567. The number of para-hydroxylation sites is 1. The van der Waals surface area contributed by atoms with E-state index >= 15 is 0 Å². The maximum atomic E-state index is 4.47. The van der Waals surface area contributed by atoms with Gasteiger partial charge in [-0.3, -0.25) is 14.9 Å². The molecule has 22 heavy (non-hydrogen) atoms. The van der Waals surface area contributed by atoms with Crippen LogP contribution in [0.2, 0.25) is 0 Å². The maximum Gasteiger partial charge on any atom is 0.0727 e. The van der Waals surface area contributed by atoms with Crippen LogP contribution in [0.4, 0.5) is 5.69 Å². The van der Waals surface area contributed by atoms with Crippen molar-refractivity contribution in [2.24, 2.45) is 0 Å². The molecule has 1 aromatic heterocycles. The second-order valence-electron chi connectivity index (χ2n) is 6.14. The van der Waals surface area contributed by atoms with Gasteiger partial charge < -0.3 is 4.90 Å². The minimum Gasteiger partial charge on any atom is -0.370 e. The Labute approximate surface area is 132 Å². The number of hydrogen-bond acceptors (Lipinski definition) is 4. The molecule has 4 heteroatoms. The maximum absolute atomic E-state index is 4.47. The Morgan fingerprint density at radius 1 is 1.18 bits per heavy atom. The monoisotopic (exact) mass is 296 g/mol. The van der Waals surface area contributed by atoms with E-state index in [1.54, 1.807) is 0 Å². The summed E-state index contributed by atoms with van der Waals surface area (Å²) < 4.78 is 0. The zero-order valence-corrected chi connectivity index (χ0v) is 13.4. The summed E-state index contributed by atoms with van der Waals surface area (Å²) in [5.41, 5.74) is 3.35. The van der Waals surface area contributed by atoms with Gasteiger partial charge in [0, 0.05) is 43.8 Å². The highest BCUT2D eigenvalue weighted by molar-refractivity contribution is 5.46. The van der Waals surface area contributed by atoms with E-state index in [0.29, 0.717) is 6.04 Å². The van der Waals surface area contributed by atoms with Crippen LogP contribution in [0.1, 0.15) is 24.2 Å². The van der Waals surface area contributed by atoms with Gasteiger partial charge in [-0.1, -0.05) is 18.2 Å². The zero-order valence-electron chi connectivity index (χ0n) is 13.4. The molecule has 2 heterocycles. The number of rotatable bonds is 4. The van der Waals surface area contributed by atoms with Gasteiger partial charge in [0.1, 0.15) is 0 Å². The van der Waals surface area contributed by atoms with Gasteiger partial charge in [0.05, 0.1) is 11.4 Å². The van der Waals surface area contributed by atoms with E-state index in [0.717, 1.165) is 31.0 Å². The molecule has 0 N–H and O–H groups in total. The lowest BCUT2D eigenvalue weighted by atomic mass is 10.0. The van der Waals surface area contributed by atoms with Crippen LogP contribution in [0.3, 0.4) is 0 Å².